The largest absolute Gasteiger partial charge is 0.494 e. The molecule has 1 aromatic carbocycles. The van der Waals surface area contributed by atoms with Crippen molar-refractivity contribution in [2.45, 2.75) is 26.4 Å². The SMILES string of the molecule is COC(=O)/C(=C\c1ccc(OC)c(F)c1)C(=O)OC(C)(C)C. The summed E-state index contributed by atoms with van der Waals surface area (Å²) in [6.45, 7) is 5.02. The van der Waals surface area contributed by atoms with Crippen molar-refractivity contribution in [3.05, 3.63) is 35.2 Å². The van der Waals surface area contributed by atoms with Crippen LogP contribution in [0, 0.1) is 5.82 Å². The van der Waals surface area contributed by atoms with E-state index in [1.807, 2.05) is 0 Å². The van der Waals surface area contributed by atoms with E-state index in [0.29, 0.717) is 5.56 Å². The zero-order valence-corrected chi connectivity index (χ0v) is 13.2. The van der Waals surface area contributed by atoms with Gasteiger partial charge >= 0.3 is 11.9 Å². The molecule has 1 rings (SSSR count). The van der Waals surface area contributed by atoms with Crippen molar-refractivity contribution in [2.75, 3.05) is 14.2 Å². The molecule has 0 fully saturated rings. The minimum absolute atomic E-state index is 0.0639. The highest BCUT2D eigenvalue weighted by molar-refractivity contribution is 6.17. The highest BCUT2D eigenvalue weighted by atomic mass is 19.1. The molecule has 0 amide bonds. The van der Waals surface area contributed by atoms with E-state index in [9.17, 15) is 14.0 Å². The number of ether oxygens (including phenoxy) is 3. The van der Waals surface area contributed by atoms with Crippen LogP contribution in [0.1, 0.15) is 26.3 Å². The molecule has 0 aromatic heterocycles. The predicted molar refractivity (Wildman–Crippen MR) is 78.8 cm³/mol. The van der Waals surface area contributed by atoms with Gasteiger partial charge in [-0.05, 0) is 44.5 Å². The average molecular weight is 310 g/mol. The average Bonchev–Trinajstić information content (AvgIpc) is 2.42. The van der Waals surface area contributed by atoms with Gasteiger partial charge in [-0.15, -0.1) is 0 Å². The number of carbonyl (C=O) groups excluding carboxylic acids is 2. The third-order valence-electron chi connectivity index (χ3n) is 2.51. The van der Waals surface area contributed by atoms with E-state index in [1.54, 1.807) is 20.8 Å². The minimum Gasteiger partial charge on any atom is -0.494 e. The number of methoxy groups -OCH3 is 2. The Balaban J connectivity index is 3.19. The third kappa shape index (κ3) is 4.87. The summed E-state index contributed by atoms with van der Waals surface area (Å²) in [5.41, 5.74) is -0.776. The van der Waals surface area contributed by atoms with Crippen molar-refractivity contribution in [1.29, 1.82) is 0 Å². The fraction of sp³-hybridized carbons (Fsp3) is 0.375. The summed E-state index contributed by atoms with van der Waals surface area (Å²) in [6, 6.07) is 4.05. The minimum atomic E-state index is -0.856. The van der Waals surface area contributed by atoms with E-state index in [-0.39, 0.29) is 11.3 Å². The molecule has 0 unspecified atom stereocenters. The molecule has 5 nitrogen and oxygen atoms in total. The van der Waals surface area contributed by atoms with Crippen LogP contribution < -0.4 is 4.74 Å². The summed E-state index contributed by atoms with van der Waals surface area (Å²) in [5, 5.41) is 0. The van der Waals surface area contributed by atoms with E-state index >= 15 is 0 Å². The number of halogens is 1. The zero-order chi connectivity index (χ0) is 16.9. The van der Waals surface area contributed by atoms with Crippen molar-refractivity contribution in [1.82, 2.24) is 0 Å². The molecule has 0 radical (unpaired) electrons. The van der Waals surface area contributed by atoms with E-state index in [2.05, 4.69) is 4.74 Å². The van der Waals surface area contributed by atoms with E-state index in [4.69, 9.17) is 9.47 Å². The smallest absolute Gasteiger partial charge is 0.346 e. The first kappa shape index (κ1) is 17.7. The molecule has 1 aromatic rings. The Bertz CT molecular complexity index is 599. The van der Waals surface area contributed by atoms with Crippen LogP contribution in [0.25, 0.3) is 6.08 Å². The standard InChI is InChI=1S/C16H19FO5/c1-16(2,3)22-15(19)11(14(18)21-5)8-10-6-7-13(20-4)12(17)9-10/h6-9H,1-5H3/b11-8+. The maximum absolute atomic E-state index is 13.7. The van der Waals surface area contributed by atoms with Gasteiger partial charge in [-0.2, -0.15) is 0 Å². The number of esters is 2. The predicted octanol–water partition coefficient (Wildman–Crippen LogP) is 2.73. The quantitative estimate of drug-likeness (QED) is 0.370. The van der Waals surface area contributed by atoms with Crippen molar-refractivity contribution < 1.29 is 28.2 Å². The van der Waals surface area contributed by atoms with Crippen LogP contribution in [-0.4, -0.2) is 31.8 Å². The molecule has 0 saturated heterocycles. The topological polar surface area (TPSA) is 61.8 Å². The molecular formula is C16H19FO5. The maximum Gasteiger partial charge on any atom is 0.346 e. The van der Waals surface area contributed by atoms with Crippen LogP contribution in [0.4, 0.5) is 4.39 Å². The Hall–Kier alpha value is -2.37. The van der Waals surface area contributed by atoms with Gasteiger partial charge in [0.2, 0.25) is 0 Å². The second kappa shape index (κ2) is 7.06. The van der Waals surface area contributed by atoms with Gasteiger partial charge in [0.15, 0.2) is 11.6 Å². The molecule has 0 spiro atoms. The molecular weight excluding hydrogens is 291 g/mol. The Kier molecular flexibility index (Phi) is 5.68. The van der Waals surface area contributed by atoms with Crippen LogP contribution >= 0.6 is 0 Å². The molecule has 0 aliphatic carbocycles. The summed E-state index contributed by atoms with van der Waals surface area (Å²) < 4.78 is 28.2. The second-order valence-electron chi connectivity index (χ2n) is 5.45. The number of carbonyl (C=O) groups is 2. The number of rotatable bonds is 4. The van der Waals surface area contributed by atoms with E-state index in [1.165, 1.54) is 25.3 Å². The summed E-state index contributed by atoms with van der Waals surface area (Å²) >= 11 is 0. The first-order valence-corrected chi connectivity index (χ1v) is 6.55. The van der Waals surface area contributed by atoms with Gasteiger partial charge in [-0.25, -0.2) is 14.0 Å². The van der Waals surface area contributed by atoms with Crippen LogP contribution in [0.3, 0.4) is 0 Å². The summed E-state index contributed by atoms with van der Waals surface area (Å²) in [4.78, 5) is 23.8. The van der Waals surface area contributed by atoms with Gasteiger partial charge in [-0.3, -0.25) is 0 Å². The van der Waals surface area contributed by atoms with Crippen LogP contribution in [-0.2, 0) is 19.1 Å². The monoisotopic (exact) mass is 310 g/mol. The zero-order valence-electron chi connectivity index (χ0n) is 13.2. The Labute approximate surface area is 128 Å². The Morgan fingerprint density at radius 3 is 2.23 bits per heavy atom. The first-order chi connectivity index (χ1) is 10.2. The molecule has 0 aliphatic heterocycles. The molecule has 0 N–H and O–H groups in total. The van der Waals surface area contributed by atoms with Gasteiger partial charge < -0.3 is 14.2 Å². The lowest BCUT2D eigenvalue weighted by atomic mass is 10.1. The summed E-state index contributed by atoms with van der Waals surface area (Å²) in [5.74, 6) is -2.24. The second-order valence-corrected chi connectivity index (χ2v) is 5.45. The fourth-order valence-electron chi connectivity index (χ4n) is 1.58. The highest BCUT2D eigenvalue weighted by Gasteiger charge is 2.25. The summed E-state index contributed by atoms with van der Waals surface area (Å²) in [6.07, 6.45) is 1.21. The van der Waals surface area contributed by atoms with Crippen molar-refractivity contribution in [3.63, 3.8) is 0 Å². The Morgan fingerprint density at radius 2 is 1.77 bits per heavy atom. The molecule has 120 valence electrons. The van der Waals surface area contributed by atoms with Crippen molar-refractivity contribution in [2.24, 2.45) is 0 Å². The normalized spacial score (nSPS) is 11.8. The molecule has 0 heterocycles. The van der Waals surface area contributed by atoms with Gasteiger partial charge in [0.1, 0.15) is 11.2 Å². The molecule has 22 heavy (non-hydrogen) atoms. The van der Waals surface area contributed by atoms with E-state index in [0.717, 1.165) is 13.2 Å². The van der Waals surface area contributed by atoms with Crippen molar-refractivity contribution in [3.8, 4) is 5.75 Å². The molecule has 0 atom stereocenters. The van der Waals surface area contributed by atoms with Crippen LogP contribution in [0.2, 0.25) is 0 Å². The lowest BCUT2D eigenvalue weighted by Gasteiger charge is -2.20. The molecule has 6 heteroatoms. The fourth-order valence-corrected chi connectivity index (χ4v) is 1.58. The van der Waals surface area contributed by atoms with Gasteiger partial charge in [0.05, 0.1) is 14.2 Å². The Morgan fingerprint density at radius 1 is 1.14 bits per heavy atom. The lowest BCUT2D eigenvalue weighted by molar-refractivity contribution is -0.153. The summed E-state index contributed by atoms with van der Waals surface area (Å²) in [7, 11) is 2.49. The van der Waals surface area contributed by atoms with Crippen LogP contribution in [0.5, 0.6) is 5.75 Å². The molecule has 0 bridgehead atoms. The number of benzene rings is 1. The van der Waals surface area contributed by atoms with Gasteiger partial charge in [-0.1, -0.05) is 6.07 Å². The lowest BCUT2D eigenvalue weighted by Crippen LogP contribution is -2.27. The number of hydrogen-bond acceptors (Lipinski definition) is 5. The van der Waals surface area contributed by atoms with Crippen LogP contribution in [0.15, 0.2) is 23.8 Å². The molecule has 0 aliphatic rings. The van der Waals surface area contributed by atoms with Gasteiger partial charge in [0.25, 0.3) is 0 Å². The van der Waals surface area contributed by atoms with Crippen molar-refractivity contribution >= 4 is 18.0 Å². The molecule has 0 saturated carbocycles. The maximum atomic E-state index is 13.7. The first-order valence-electron chi connectivity index (χ1n) is 6.55. The third-order valence-corrected chi connectivity index (χ3v) is 2.51. The van der Waals surface area contributed by atoms with Gasteiger partial charge in [0, 0.05) is 0 Å². The van der Waals surface area contributed by atoms with E-state index < -0.39 is 23.4 Å². The highest BCUT2D eigenvalue weighted by Crippen LogP contribution is 2.20. The number of hydrogen-bond donors (Lipinski definition) is 0.